The van der Waals surface area contributed by atoms with E-state index in [1.54, 1.807) is 0 Å². The van der Waals surface area contributed by atoms with Crippen molar-refractivity contribution in [3.8, 4) is 0 Å². The molecule has 0 aliphatic rings. The molecule has 0 saturated carbocycles. The van der Waals surface area contributed by atoms with Gasteiger partial charge in [-0.05, 0) is 34.6 Å². The molecule has 2 N–H and O–H groups in total. The molecule has 1 heterocycles. The standard InChI is InChI=1S/C27H36N2O/c1-5-6-7-10-17-28-26(30)18-23(20-13-15-21(16-14-20)27(2,3)4)24-19-29-25-12-9-8-11-22(24)25/h8-9,11-16,19,23,29H,5-7,10,17-18H2,1-4H3,(H,28,30). The van der Waals surface area contributed by atoms with Gasteiger partial charge in [-0.3, -0.25) is 4.79 Å². The van der Waals surface area contributed by atoms with E-state index in [1.807, 2.05) is 6.07 Å². The minimum absolute atomic E-state index is 0.0332. The number of fused-ring (bicyclic) bond motifs is 1. The van der Waals surface area contributed by atoms with E-state index in [0.717, 1.165) is 18.5 Å². The fourth-order valence-corrected chi connectivity index (χ4v) is 4.04. The first kappa shape index (κ1) is 22.1. The molecule has 160 valence electrons. The number of carbonyl (C=O) groups excluding carboxylic acids is 1. The van der Waals surface area contributed by atoms with Crippen LogP contribution in [0.15, 0.2) is 54.7 Å². The van der Waals surface area contributed by atoms with Gasteiger partial charge in [0.25, 0.3) is 0 Å². The second kappa shape index (κ2) is 9.97. The fraction of sp³-hybridized carbons (Fsp3) is 0.444. The summed E-state index contributed by atoms with van der Waals surface area (Å²) in [4.78, 5) is 16.2. The molecule has 30 heavy (non-hydrogen) atoms. The van der Waals surface area contributed by atoms with Gasteiger partial charge >= 0.3 is 0 Å². The number of amides is 1. The summed E-state index contributed by atoms with van der Waals surface area (Å²) in [6.07, 6.45) is 7.20. The first-order valence-corrected chi connectivity index (χ1v) is 11.3. The van der Waals surface area contributed by atoms with E-state index in [1.165, 1.54) is 41.3 Å². The minimum atomic E-state index is 0.0332. The van der Waals surface area contributed by atoms with Crippen molar-refractivity contribution in [2.24, 2.45) is 0 Å². The summed E-state index contributed by atoms with van der Waals surface area (Å²) in [5, 5.41) is 4.33. The van der Waals surface area contributed by atoms with Crippen molar-refractivity contribution in [1.82, 2.24) is 10.3 Å². The predicted octanol–water partition coefficient (Wildman–Crippen LogP) is 6.68. The van der Waals surface area contributed by atoms with Crippen LogP contribution < -0.4 is 5.32 Å². The Kier molecular flexibility index (Phi) is 7.36. The Morgan fingerprint density at radius 1 is 1.00 bits per heavy atom. The molecule has 1 atom stereocenters. The predicted molar refractivity (Wildman–Crippen MR) is 127 cm³/mol. The molecule has 1 amide bonds. The van der Waals surface area contributed by atoms with Crippen molar-refractivity contribution in [1.29, 1.82) is 0 Å². The zero-order valence-corrected chi connectivity index (χ0v) is 18.9. The Morgan fingerprint density at radius 3 is 2.43 bits per heavy atom. The maximum absolute atomic E-state index is 12.8. The Hall–Kier alpha value is -2.55. The van der Waals surface area contributed by atoms with E-state index in [2.05, 4.69) is 86.7 Å². The molecule has 2 aromatic carbocycles. The van der Waals surface area contributed by atoms with E-state index in [-0.39, 0.29) is 17.2 Å². The van der Waals surface area contributed by atoms with Gasteiger partial charge in [0.05, 0.1) is 0 Å². The van der Waals surface area contributed by atoms with Crippen molar-refractivity contribution in [2.45, 2.75) is 71.1 Å². The normalized spacial score (nSPS) is 12.8. The third kappa shape index (κ3) is 5.53. The van der Waals surface area contributed by atoms with Crippen LogP contribution >= 0.6 is 0 Å². The number of unbranched alkanes of at least 4 members (excludes halogenated alkanes) is 3. The molecule has 3 aromatic rings. The number of rotatable bonds is 9. The van der Waals surface area contributed by atoms with Gasteiger partial charge in [-0.1, -0.05) is 89.4 Å². The number of aromatic amines is 1. The lowest BCUT2D eigenvalue weighted by molar-refractivity contribution is -0.121. The molecule has 3 rings (SSSR count). The average Bonchev–Trinajstić information content (AvgIpc) is 3.15. The summed E-state index contributed by atoms with van der Waals surface area (Å²) in [5.41, 5.74) is 4.92. The summed E-state index contributed by atoms with van der Waals surface area (Å²) in [6, 6.07) is 17.1. The van der Waals surface area contributed by atoms with E-state index in [9.17, 15) is 4.79 Å². The fourth-order valence-electron chi connectivity index (χ4n) is 4.04. The molecule has 0 fully saturated rings. The molecule has 1 aromatic heterocycles. The van der Waals surface area contributed by atoms with E-state index >= 15 is 0 Å². The smallest absolute Gasteiger partial charge is 0.220 e. The molecule has 0 spiro atoms. The van der Waals surface area contributed by atoms with Gasteiger partial charge in [-0.25, -0.2) is 0 Å². The zero-order chi connectivity index (χ0) is 21.6. The van der Waals surface area contributed by atoms with Crippen LogP contribution in [0.25, 0.3) is 10.9 Å². The number of carbonyl (C=O) groups is 1. The van der Waals surface area contributed by atoms with Gasteiger partial charge in [-0.2, -0.15) is 0 Å². The van der Waals surface area contributed by atoms with Crippen molar-refractivity contribution in [3.63, 3.8) is 0 Å². The maximum atomic E-state index is 12.8. The number of benzene rings is 2. The lowest BCUT2D eigenvalue weighted by atomic mass is 9.83. The highest BCUT2D eigenvalue weighted by Crippen LogP contribution is 2.34. The highest BCUT2D eigenvalue weighted by atomic mass is 16.1. The van der Waals surface area contributed by atoms with Crippen LogP contribution in [0.3, 0.4) is 0 Å². The topological polar surface area (TPSA) is 44.9 Å². The van der Waals surface area contributed by atoms with Crippen LogP contribution in [0.5, 0.6) is 0 Å². The van der Waals surface area contributed by atoms with E-state index in [4.69, 9.17) is 0 Å². The molecule has 0 aliphatic carbocycles. The second-order valence-electron chi connectivity index (χ2n) is 9.33. The Bertz CT molecular complexity index is 947. The second-order valence-corrected chi connectivity index (χ2v) is 9.33. The number of hydrogen-bond acceptors (Lipinski definition) is 1. The molecule has 0 bridgehead atoms. The number of para-hydroxylation sites is 1. The highest BCUT2D eigenvalue weighted by molar-refractivity contribution is 5.86. The molecule has 3 nitrogen and oxygen atoms in total. The average molecular weight is 405 g/mol. The van der Waals surface area contributed by atoms with Gasteiger partial charge in [0.2, 0.25) is 5.91 Å². The summed E-state index contributed by atoms with van der Waals surface area (Å²) in [6.45, 7) is 9.65. The number of aromatic nitrogens is 1. The molecular weight excluding hydrogens is 368 g/mol. The van der Waals surface area contributed by atoms with Crippen molar-refractivity contribution >= 4 is 16.8 Å². The number of H-pyrrole nitrogens is 1. The third-order valence-corrected chi connectivity index (χ3v) is 5.92. The van der Waals surface area contributed by atoms with Gasteiger partial charge in [0.15, 0.2) is 0 Å². The SMILES string of the molecule is CCCCCCNC(=O)CC(c1ccc(C(C)(C)C)cc1)c1c[nH]c2ccccc12. The van der Waals surface area contributed by atoms with Crippen LogP contribution in [-0.4, -0.2) is 17.4 Å². The van der Waals surface area contributed by atoms with Crippen LogP contribution in [0.2, 0.25) is 0 Å². The Labute approximate surface area is 181 Å². The molecule has 3 heteroatoms. The first-order valence-electron chi connectivity index (χ1n) is 11.3. The molecule has 1 unspecified atom stereocenters. The third-order valence-electron chi connectivity index (χ3n) is 5.92. The van der Waals surface area contributed by atoms with Gasteiger partial charge in [0.1, 0.15) is 0 Å². The summed E-state index contributed by atoms with van der Waals surface area (Å²) in [7, 11) is 0. The minimum Gasteiger partial charge on any atom is -0.361 e. The number of nitrogens with one attached hydrogen (secondary N) is 2. The van der Waals surface area contributed by atoms with Crippen LogP contribution in [0, 0.1) is 0 Å². The zero-order valence-electron chi connectivity index (χ0n) is 18.9. The van der Waals surface area contributed by atoms with E-state index < -0.39 is 0 Å². The lowest BCUT2D eigenvalue weighted by Crippen LogP contribution is -2.26. The molecule has 0 radical (unpaired) electrons. The van der Waals surface area contributed by atoms with E-state index in [0.29, 0.717) is 6.42 Å². The van der Waals surface area contributed by atoms with Gasteiger partial charge < -0.3 is 10.3 Å². The first-order chi connectivity index (χ1) is 14.4. The van der Waals surface area contributed by atoms with Crippen LogP contribution in [0.1, 0.15) is 82.4 Å². The van der Waals surface area contributed by atoms with Crippen molar-refractivity contribution in [3.05, 3.63) is 71.4 Å². The van der Waals surface area contributed by atoms with Gasteiger partial charge in [0, 0.05) is 36.0 Å². The van der Waals surface area contributed by atoms with Crippen LogP contribution in [-0.2, 0) is 10.2 Å². The molecular formula is C27H36N2O. The number of hydrogen-bond donors (Lipinski definition) is 2. The Morgan fingerprint density at radius 2 is 1.73 bits per heavy atom. The summed E-state index contributed by atoms with van der Waals surface area (Å²) in [5.74, 6) is 0.160. The van der Waals surface area contributed by atoms with Crippen molar-refractivity contribution < 1.29 is 4.79 Å². The molecule has 0 aliphatic heterocycles. The summed E-state index contributed by atoms with van der Waals surface area (Å²) >= 11 is 0. The monoisotopic (exact) mass is 404 g/mol. The quantitative estimate of drug-likeness (QED) is 0.384. The summed E-state index contributed by atoms with van der Waals surface area (Å²) < 4.78 is 0. The van der Waals surface area contributed by atoms with Crippen molar-refractivity contribution in [2.75, 3.05) is 6.54 Å². The largest absolute Gasteiger partial charge is 0.361 e. The highest BCUT2D eigenvalue weighted by Gasteiger charge is 2.22. The molecule has 0 saturated heterocycles. The maximum Gasteiger partial charge on any atom is 0.220 e. The van der Waals surface area contributed by atoms with Crippen LogP contribution in [0.4, 0.5) is 0 Å². The Balaban J connectivity index is 1.83. The van der Waals surface area contributed by atoms with Gasteiger partial charge in [-0.15, -0.1) is 0 Å². The lowest BCUT2D eigenvalue weighted by Gasteiger charge is -2.22.